The van der Waals surface area contributed by atoms with Gasteiger partial charge in [-0.3, -0.25) is 0 Å². The molecular formula is C15H17NO. The predicted octanol–water partition coefficient (Wildman–Crippen LogP) is 3.27. The first-order valence-corrected chi connectivity index (χ1v) is 6.20. The molecule has 1 aliphatic rings. The highest BCUT2D eigenvalue weighted by Crippen LogP contribution is 2.41. The number of hydrogen-bond donors (Lipinski definition) is 2. The number of aromatic hydroxyl groups is 1. The fourth-order valence-electron chi connectivity index (χ4n) is 2.90. The molecule has 1 aliphatic carbocycles. The molecule has 17 heavy (non-hydrogen) atoms. The van der Waals surface area contributed by atoms with Gasteiger partial charge in [0.05, 0.1) is 0 Å². The molecule has 0 radical (unpaired) electrons. The third-order valence-electron chi connectivity index (χ3n) is 3.90. The monoisotopic (exact) mass is 227 g/mol. The molecule has 0 aliphatic heterocycles. The van der Waals surface area contributed by atoms with E-state index in [1.807, 2.05) is 24.3 Å². The topological polar surface area (TPSA) is 46.2 Å². The molecule has 1 fully saturated rings. The van der Waals surface area contributed by atoms with Crippen LogP contribution in [0.1, 0.15) is 31.2 Å². The highest BCUT2D eigenvalue weighted by Gasteiger charge is 2.33. The van der Waals surface area contributed by atoms with E-state index in [0.717, 1.165) is 42.0 Å². The second-order valence-corrected chi connectivity index (χ2v) is 5.08. The van der Waals surface area contributed by atoms with E-state index in [4.69, 9.17) is 5.73 Å². The zero-order valence-corrected chi connectivity index (χ0v) is 9.82. The van der Waals surface area contributed by atoms with E-state index < -0.39 is 0 Å². The van der Waals surface area contributed by atoms with E-state index in [-0.39, 0.29) is 5.54 Å². The number of benzene rings is 2. The highest BCUT2D eigenvalue weighted by atomic mass is 16.3. The van der Waals surface area contributed by atoms with Gasteiger partial charge < -0.3 is 10.8 Å². The Hall–Kier alpha value is -1.54. The van der Waals surface area contributed by atoms with E-state index in [9.17, 15) is 5.11 Å². The van der Waals surface area contributed by atoms with Crippen molar-refractivity contribution in [1.82, 2.24) is 0 Å². The standard InChI is InChI=1S/C15H17NO/c16-15(7-3-4-8-15)13-9-11-5-1-2-6-12(11)10-14(13)17/h1-2,5-6,9-10,17H,3-4,7-8,16H2. The van der Waals surface area contributed by atoms with Gasteiger partial charge in [0.25, 0.3) is 0 Å². The quantitative estimate of drug-likeness (QED) is 0.785. The number of nitrogens with two attached hydrogens (primary N) is 1. The van der Waals surface area contributed by atoms with Gasteiger partial charge in [0.1, 0.15) is 5.75 Å². The summed E-state index contributed by atoms with van der Waals surface area (Å²) in [6, 6.07) is 12.0. The highest BCUT2D eigenvalue weighted by molar-refractivity contribution is 5.85. The number of rotatable bonds is 1. The molecule has 88 valence electrons. The van der Waals surface area contributed by atoms with Gasteiger partial charge in [-0.25, -0.2) is 0 Å². The molecule has 2 heteroatoms. The predicted molar refractivity (Wildman–Crippen MR) is 69.9 cm³/mol. The molecule has 0 heterocycles. The van der Waals surface area contributed by atoms with Gasteiger partial charge in [-0.1, -0.05) is 37.1 Å². The molecule has 3 rings (SSSR count). The van der Waals surface area contributed by atoms with Gasteiger partial charge in [0, 0.05) is 11.1 Å². The maximum absolute atomic E-state index is 10.2. The Morgan fingerprint density at radius 1 is 1.00 bits per heavy atom. The molecule has 0 unspecified atom stereocenters. The van der Waals surface area contributed by atoms with Gasteiger partial charge in [0.15, 0.2) is 0 Å². The van der Waals surface area contributed by atoms with Gasteiger partial charge in [-0.2, -0.15) is 0 Å². The van der Waals surface area contributed by atoms with Crippen LogP contribution >= 0.6 is 0 Å². The van der Waals surface area contributed by atoms with Gasteiger partial charge >= 0.3 is 0 Å². The fourth-order valence-corrected chi connectivity index (χ4v) is 2.90. The van der Waals surface area contributed by atoms with Crippen LogP contribution < -0.4 is 5.73 Å². The normalized spacial score (nSPS) is 18.6. The Kier molecular flexibility index (Phi) is 2.33. The summed E-state index contributed by atoms with van der Waals surface area (Å²) >= 11 is 0. The van der Waals surface area contributed by atoms with Crippen LogP contribution in [0, 0.1) is 0 Å². The SMILES string of the molecule is NC1(c2cc3ccccc3cc2O)CCCC1. The minimum absolute atomic E-state index is 0.325. The molecule has 2 nitrogen and oxygen atoms in total. The lowest BCUT2D eigenvalue weighted by molar-refractivity contribution is 0.410. The lowest BCUT2D eigenvalue weighted by Gasteiger charge is -2.25. The van der Waals surface area contributed by atoms with Gasteiger partial charge in [-0.05, 0) is 35.7 Å². The second-order valence-electron chi connectivity index (χ2n) is 5.08. The first-order chi connectivity index (χ1) is 8.19. The molecule has 0 aromatic heterocycles. The number of hydrogen-bond acceptors (Lipinski definition) is 2. The van der Waals surface area contributed by atoms with Crippen molar-refractivity contribution in [1.29, 1.82) is 0 Å². The summed E-state index contributed by atoms with van der Waals surface area (Å²) in [5.41, 5.74) is 7.00. The minimum Gasteiger partial charge on any atom is -0.508 e. The second kappa shape index (κ2) is 3.74. The lowest BCUT2D eigenvalue weighted by Crippen LogP contribution is -2.33. The lowest BCUT2D eigenvalue weighted by atomic mass is 9.87. The van der Waals surface area contributed by atoms with Gasteiger partial charge in [-0.15, -0.1) is 0 Å². The zero-order valence-electron chi connectivity index (χ0n) is 9.82. The van der Waals surface area contributed by atoms with Crippen molar-refractivity contribution < 1.29 is 5.11 Å². The summed E-state index contributed by atoms with van der Waals surface area (Å²) in [5.74, 6) is 0.341. The van der Waals surface area contributed by atoms with Crippen molar-refractivity contribution in [3.8, 4) is 5.75 Å². The first-order valence-electron chi connectivity index (χ1n) is 6.20. The van der Waals surface area contributed by atoms with Crippen LogP contribution in [0.25, 0.3) is 10.8 Å². The van der Waals surface area contributed by atoms with Crippen molar-refractivity contribution in [2.75, 3.05) is 0 Å². The summed E-state index contributed by atoms with van der Waals surface area (Å²) < 4.78 is 0. The molecule has 1 saturated carbocycles. The van der Waals surface area contributed by atoms with Crippen LogP contribution in [0.5, 0.6) is 5.75 Å². The van der Waals surface area contributed by atoms with Crippen LogP contribution in [-0.4, -0.2) is 5.11 Å². The molecule has 0 bridgehead atoms. The van der Waals surface area contributed by atoms with Crippen molar-refractivity contribution in [2.45, 2.75) is 31.2 Å². The van der Waals surface area contributed by atoms with Crippen LogP contribution in [0.4, 0.5) is 0 Å². The summed E-state index contributed by atoms with van der Waals surface area (Å²) in [4.78, 5) is 0. The Morgan fingerprint density at radius 3 is 2.24 bits per heavy atom. The van der Waals surface area contributed by atoms with E-state index in [1.54, 1.807) is 0 Å². The first kappa shape index (κ1) is 10.6. The van der Waals surface area contributed by atoms with Crippen LogP contribution in [0.15, 0.2) is 36.4 Å². The Labute approximate surface area is 101 Å². The Morgan fingerprint density at radius 2 is 1.59 bits per heavy atom. The van der Waals surface area contributed by atoms with Crippen molar-refractivity contribution in [3.05, 3.63) is 42.0 Å². The van der Waals surface area contributed by atoms with E-state index in [1.165, 1.54) is 0 Å². The molecule has 2 aromatic rings. The molecule has 0 atom stereocenters. The summed E-state index contributed by atoms with van der Waals surface area (Å²) in [6.45, 7) is 0. The Balaban J connectivity index is 2.19. The summed E-state index contributed by atoms with van der Waals surface area (Å²) in [6.07, 6.45) is 4.25. The minimum atomic E-state index is -0.325. The fraction of sp³-hybridized carbons (Fsp3) is 0.333. The smallest absolute Gasteiger partial charge is 0.121 e. The number of fused-ring (bicyclic) bond motifs is 1. The molecule has 2 aromatic carbocycles. The maximum Gasteiger partial charge on any atom is 0.121 e. The van der Waals surface area contributed by atoms with Crippen LogP contribution in [0.3, 0.4) is 0 Å². The molecule has 0 saturated heterocycles. The van der Waals surface area contributed by atoms with Crippen molar-refractivity contribution >= 4 is 10.8 Å². The maximum atomic E-state index is 10.2. The summed E-state index contributed by atoms with van der Waals surface area (Å²) in [7, 11) is 0. The van der Waals surface area contributed by atoms with Crippen molar-refractivity contribution in [3.63, 3.8) is 0 Å². The van der Waals surface area contributed by atoms with E-state index in [0.29, 0.717) is 5.75 Å². The van der Waals surface area contributed by atoms with E-state index in [2.05, 4.69) is 12.1 Å². The third kappa shape index (κ3) is 1.69. The van der Waals surface area contributed by atoms with Crippen LogP contribution in [0.2, 0.25) is 0 Å². The third-order valence-corrected chi connectivity index (χ3v) is 3.90. The molecule has 3 N–H and O–H groups in total. The molecule has 0 spiro atoms. The number of phenolic OH excluding ortho intramolecular Hbond substituents is 1. The zero-order chi connectivity index (χ0) is 11.9. The molecule has 0 amide bonds. The average Bonchev–Trinajstić information content (AvgIpc) is 2.76. The van der Waals surface area contributed by atoms with E-state index >= 15 is 0 Å². The molecular weight excluding hydrogens is 210 g/mol. The van der Waals surface area contributed by atoms with Gasteiger partial charge in [0.2, 0.25) is 0 Å². The Bertz CT molecular complexity index is 556. The summed E-state index contributed by atoms with van der Waals surface area (Å²) in [5, 5.41) is 12.4. The van der Waals surface area contributed by atoms with Crippen LogP contribution in [-0.2, 0) is 5.54 Å². The largest absolute Gasteiger partial charge is 0.508 e. The average molecular weight is 227 g/mol. The van der Waals surface area contributed by atoms with Crippen molar-refractivity contribution in [2.24, 2.45) is 5.73 Å². The number of phenols is 1.